The maximum atomic E-state index is 12.8. The molecule has 3 aromatic rings. The van der Waals surface area contributed by atoms with E-state index >= 15 is 0 Å². The van der Waals surface area contributed by atoms with Crippen molar-refractivity contribution in [3.8, 4) is 0 Å². The maximum Gasteiger partial charge on any atom is 0.253 e. The molecule has 1 fully saturated rings. The van der Waals surface area contributed by atoms with Crippen LogP contribution >= 0.6 is 35.4 Å². The molecule has 4 rings (SSSR count). The highest BCUT2D eigenvalue weighted by Crippen LogP contribution is 2.22. The molecule has 0 unspecified atom stereocenters. The Morgan fingerprint density at radius 2 is 1.59 bits per heavy atom. The number of anilines is 2. The van der Waals surface area contributed by atoms with Crippen LogP contribution in [0.25, 0.3) is 6.08 Å². The Labute approximate surface area is 231 Å². The van der Waals surface area contributed by atoms with Crippen molar-refractivity contribution in [2.24, 2.45) is 0 Å². The van der Waals surface area contributed by atoms with Gasteiger partial charge in [0.2, 0.25) is 5.91 Å². The number of carbonyl (C=O) groups excluding carboxylic acids is 2. The molecule has 0 radical (unpaired) electrons. The predicted octanol–water partition coefficient (Wildman–Crippen LogP) is 5.79. The van der Waals surface area contributed by atoms with Crippen LogP contribution in [0.15, 0.2) is 72.8 Å². The van der Waals surface area contributed by atoms with Gasteiger partial charge in [-0.2, -0.15) is 0 Å². The second-order valence-corrected chi connectivity index (χ2v) is 9.89. The number of halogens is 2. The van der Waals surface area contributed by atoms with Crippen molar-refractivity contribution in [1.82, 2.24) is 10.2 Å². The Balaban J connectivity index is 1.25. The summed E-state index contributed by atoms with van der Waals surface area (Å²) in [7, 11) is 0. The van der Waals surface area contributed by atoms with Crippen molar-refractivity contribution in [1.29, 1.82) is 0 Å². The zero-order valence-electron chi connectivity index (χ0n) is 20.2. The van der Waals surface area contributed by atoms with Gasteiger partial charge in [0.15, 0.2) is 5.11 Å². The molecule has 2 amide bonds. The molecule has 190 valence electrons. The topological polar surface area (TPSA) is 64.7 Å². The molecule has 1 saturated heterocycles. The molecule has 1 aliphatic rings. The fourth-order valence-electron chi connectivity index (χ4n) is 3.92. The molecule has 0 saturated carbocycles. The van der Waals surface area contributed by atoms with Crippen LogP contribution in [-0.2, 0) is 4.79 Å². The van der Waals surface area contributed by atoms with E-state index in [9.17, 15) is 9.59 Å². The van der Waals surface area contributed by atoms with Crippen molar-refractivity contribution in [3.05, 3.63) is 99.5 Å². The third-order valence-corrected chi connectivity index (χ3v) is 6.74. The first kappa shape index (κ1) is 26.7. The summed E-state index contributed by atoms with van der Waals surface area (Å²) in [5, 5.41) is 6.80. The summed E-state index contributed by atoms with van der Waals surface area (Å²) in [6, 6.07) is 20.5. The largest absolute Gasteiger partial charge is 0.368 e. The lowest BCUT2D eigenvalue weighted by Gasteiger charge is -2.36. The van der Waals surface area contributed by atoms with Crippen LogP contribution in [0.2, 0.25) is 10.0 Å². The van der Waals surface area contributed by atoms with E-state index in [1.165, 1.54) is 6.08 Å². The van der Waals surface area contributed by atoms with Crippen LogP contribution in [0.3, 0.4) is 0 Å². The van der Waals surface area contributed by atoms with Gasteiger partial charge < -0.3 is 15.1 Å². The molecule has 3 aromatic carbocycles. The van der Waals surface area contributed by atoms with Crippen molar-refractivity contribution < 1.29 is 9.59 Å². The first-order chi connectivity index (χ1) is 17.8. The SMILES string of the molecule is Cc1ccc(C(=O)N2CCN(c3ccc(NC(=S)NC(=O)/C=C/c4ccc(Cl)cc4Cl)cc3)CC2)cc1. The zero-order valence-corrected chi connectivity index (χ0v) is 22.5. The van der Waals surface area contributed by atoms with E-state index in [0.717, 1.165) is 35.6 Å². The third kappa shape index (κ3) is 7.32. The molecular formula is C28H26Cl2N4O2S. The lowest BCUT2D eigenvalue weighted by atomic mass is 10.1. The summed E-state index contributed by atoms with van der Waals surface area (Å²) in [5.74, 6) is -0.306. The number of piperazine rings is 1. The van der Waals surface area contributed by atoms with E-state index < -0.39 is 0 Å². The predicted molar refractivity (Wildman–Crippen MR) is 156 cm³/mol. The van der Waals surface area contributed by atoms with E-state index in [4.69, 9.17) is 35.4 Å². The molecule has 1 heterocycles. The number of amides is 2. The minimum Gasteiger partial charge on any atom is -0.368 e. The minimum atomic E-state index is -0.377. The van der Waals surface area contributed by atoms with Crippen LogP contribution in [0.1, 0.15) is 21.5 Å². The average Bonchev–Trinajstić information content (AvgIpc) is 2.89. The number of carbonyl (C=O) groups is 2. The molecule has 37 heavy (non-hydrogen) atoms. The van der Waals surface area contributed by atoms with Crippen LogP contribution < -0.4 is 15.5 Å². The van der Waals surface area contributed by atoms with Crippen LogP contribution in [0.5, 0.6) is 0 Å². The van der Waals surface area contributed by atoms with Gasteiger partial charge in [-0.15, -0.1) is 0 Å². The molecule has 0 bridgehead atoms. The summed E-state index contributed by atoms with van der Waals surface area (Å²) < 4.78 is 0. The van der Waals surface area contributed by atoms with Gasteiger partial charge in [0.05, 0.1) is 0 Å². The summed E-state index contributed by atoms with van der Waals surface area (Å²) in [5.41, 5.74) is 4.36. The molecule has 9 heteroatoms. The molecule has 0 aliphatic carbocycles. The lowest BCUT2D eigenvalue weighted by molar-refractivity contribution is -0.115. The van der Waals surface area contributed by atoms with Gasteiger partial charge in [-0.3, -0.25) is 14.9 Å². The number of nitrogens with one attached hydrogen (secondary N) is 2. The molecule has 0 aromatic heterocycles. The standard InChI is InChI=1S/C28H26Cl2N4O2S/c1-19-2-4-21(5-3-19)27(36)34-16-14-33(15-17-34)24-11-9-23(10-12-24)31-28(37)32-26(35)13-7-20-6-8-22(29)18-25(20)30/h2-13,18H,14-17H2,1H3,(H2,31,32,35,37)/b13-7+. The Kier molecular flexibility index (Phi) is 8.82. The number of thiocarbonyl (C=S) groups is 1. The van der Waals surface area contributed by atoms with Gasteiger partial charge in [0.25, 0.3) is 5.91 Å². The fraction of sp³-hybridized carbons (Fsp3) is 0.179. The molecular weight excluding hydrogens is 527 g/mol. The number of hydrogen-bond donors (Lipinski definition) is 2. The Morgan fingerprint density at radius 1 is 0.919 bits per heavy atom. The second kappa shape index (κ2) is 12.2. The van der Waals surface area contributed by atoms with Crippen molar-refractivity contribution in [2.75, 3.05) is 36.4 Å². The zero-order chi connectivity index (χ0) is 26.4. The van der Waals surface area contributed by atoms with Crippen LogP contribution in [0.4, 0.5) is 11.4 Å². The maximum absolute atomic E-state index is 12.8. The number of hydrogen-bond acceptors (Lipinski definition) is 4. The van der Waals surface area contributed by atoms with E-state index in [2.05, 4.69) is 15.5 Å². The molecule has 1 aliphatic heterocycles. The van der Waals surface area contributed by atoms with E-state index in [1.807, 2.05) is 60.4 Å². The van der Waals surface area contributed by atoms with Gasteiger partial charge in [-0.1, -0.05) is 47.0 Å². The van der Waals surface area contributed by atoms with E-state index in [1.54, 1.807) is 24.3 Å². The highest BCUT2D eigenvalue weighted by atomic mass is 35.5. The molecule has 6 nitrogen and oxygen atoms in total. The van der Waals surface area contributed by atoms with E-state index in [-0.39, 0.29) is 16.9 Å². The Bertz CT molecular complexity index is 1320. The summed E-state index contributed by atoms with van der Waals surface area (Å²) in [6.07, 6.45) is 2.95. The smallest absolute Gasteiger partial charge is 0.253 e. The molecule has 2 N–H and O–H groups in total. The van der Waals surface area contributed by atoms with Crippen LogP contribution in [0, 0.1) is 6.92 Å². The van der Waals surface area contributed by atoms with E-state index in [0.29, 0.717) is 28.7 Å². The molecule has 0 spiro atoms. The average molecular weight is 554 g/mol. The monoisotopic (exact) mass is 552 g/mol. The molecule has 0 atom stereocenters. The fourth-order valence-corrected chi connectivity index (χ4v) is 4.61. The summed E-state index contributed by atoms with van der Waals surface area (Å²) >= 11 is 17.3. The summed E-state index contributed by atoms with van der Waals surface area (Å²) in [4.78, 5) is 29.1. The highest BCUT2D eigenvalue weighted by Gasteiger charge is 2.22. The number of benzene rings is 3. The van der Waals surface area contributed by atoms with Crippen LogP contribution in [-0.4, -0.2) is 48.0 Å². The van der Waals surface area contributed by atoms with Crippen molar-refractivity contribution in [3.63, 3.8) is 0 Å². The van der Waals surface area contributed by atoms with Gasteiger partial charge in [-0.25, -0.2) is 0 Å². The van der Waals surface area contributed by atoms with Gasteiger partial charge >= 0.3 is 0 Å². The minimum absolute atomic E-state index is 0.0702. The van der Waals surface area contributed by atoms with Gasteiger partial charge in [0, 0.05) is 59.2 Å². The van der Waals surface area contributed by atoms with Crippen molar-refractivity contribution >= 4 is 69.8 Å². The summed E-state index contributed by atoms with van der Waals surface area (Å²) in [6.45, 7) is 4.84. The number of nitrogens with zero attached hydrogens (tertiary/aromatic N) is 2. The highest BCUT2D eigenvalue weighted by molar-refractivity contribution is 7.80. The number of aryl methyl sites for hydroxylation is 1. The third-order valence-electron chi connectivity index (χ3n) is 5.97. The number of rotatable bonds is 5. The Morgan fingerprint density at radius 3 is 2.24 bits per heavy atom. The first-order valence-electron chi connectivity index (χ1n) is 11.7. The normalized spacial score (nSPS) is 13.5. The van der Waals surface area contributed by atoms with Gasteiger partial charge in [-0.05, 0) is 79.3 Å². The van der Waals surface area contributed by atoms with Gasteiger partial charge in [0.1, 0.15) is 0 Å². The quantitative estimate of drug-likeness (QED) is 0.309. The lowest BCUT2D eigenvalue weighted by Crippen LogP contribution is -2.48. The Hall–Kier alpha value is -3.39. The second-order valence-electron chi connectivity index (χ2n) is 8.63. The first-order valence-corrected chi connectivity index (χ1v) is 12.9. The van der Waals surface area contributed by atoms with Crippen molar-refractivity contribution in [2.45, 2.75) is 6.92 Å².